The highest BCUT2D eigenvalue weighted by molar-refractivity contribution is 5.99. The summed E-state index contributed by atoms with van der Waals surface area (Å²) in [5.74, 6) is -1.56. The summed E-state index contributed by atoms with van der Waals surface area (Å²) in [6.45, 7) is 3.66. The number of Topliss-reactive ketones (excluding diaryl/α,β-unsaturated/α-hetero) is 1. The lowest BCUT2D eigenvalue weighted by Crippen LogP contribution is -2.60. The number of halogens is 1. The van der Waals surface area contributed by atoms with Crippen LogP contribution in [-0.4, -0.2) is 79.2 Å². The molecule has 0 aromatic heterocycles. The molecule has 2 saturated heterocycles. The van der Waals surface area contributed by atoms with Gasteiger partial charge < -0.3 is 14.2 Å². The molecule has 2 heterocycles. The summed E-state index contributed by atoms with van der Waals surface area (Å²) in [4.78, 5) is 56.0. The average Bonchev–Trinajstić information content (AvgIpc) is 3.10. The van der Waals surface area contributed by atoms with E-state index in [4.69, 9.17) is 9.47 Å². The van der Waals surface area contributed by atoms with Gasteiger partial charge in [0.2, 0.25) is 0 Å². The molecule has 5 rings (SSSR count). The number of benzene rings is 3. The summed E-state index contributed by atoms with van der Waals surface area (Å²) in [7, 11) is 1.24. The zero-order valence-corrected chi connectivity index (χ0v) is 26.6. The average molecular weight is 646 g/mol. The normalized spacial score (nSPS) is 20.2. The van der Waals surface area contributed by atoms with Gasteiger partial charge in [-0.1, -0.05) is 49.4 Å². The largest absolute Gasteiger partial charge is 0.456 e. The molecular formula is C36H40FN3O7. The van der Waals surface area contributed by atoms with Crippen molar-refractivity contribution in [2.24, 2.45) is 5.92 Å². The van der Waals surface area contributed by atoms with Gasteiger partial charge in [0.15, 0.2) is 12.4 Å². The van der Waals surface area contributed by atoms with E-state index in [1.165, 1.54) is 48.4 Å². The number of piperidine rings is 2. The van der Waals surface area contributed by atoms with E-state index in [-0.39, 0.29) is 24.8 Å². The van der Waals surface area contributed by atoms with Gasteiger partial charge in [-0.2, -0.15) is 0 Å². The topological polar surface area (TPSA) is 114 Å². The van der Waals surface area contributed by atoms with Crippen molar-refractivity contribution in [3.63, 3.8) is 0 Å². The monoisotopic (exact) mass is 645 g/mol. The van der Waals surface area contributed by atoms with Crippen LogP contribution in [0, 0.1) is 11.7 Å². The molecule has 11 heteroatoms. The summed E-state index contributed by atoms with van der Waals surface area (Å²) in [6.07, 6.45) is 1.28. The van der Waals surface area contributed by atoms with E-state index in [1.54, 1.807) is 12.1 Å². The zero-order valence-electron chi connectivity index (χ0n) is 26.6. The summed E-state index contributed by atoms with van der Waals surface area (Å²) in [6, 6.07) is 20.1. The van der Waals surface area contributed by atoms with Crippen molar-refractivity contribution in [2.45, 2.75) is 50.8 Å². The molecule has 0 saturated carbocycles. The van der Waals surface area contributed by atoms with Crippen molar-refractivity contribution in [3.8, 4) is 0 Å². The fraction of sp³-hybridized carbons (Fsp3) is 0.389. The van der Waals surface area contributed by atoms with Crippen LogP contribution in [0.15, 0.2) is 78.9 Å². The lowest BCUT2D eigenvalue weighted by Gasteiger charge is -2.47. The summed E-state index contributed by atoms with van der Waals surface area (Å²) in [5.41, 5.74) is 2.18. The van der Waals surface area contributed by atoms with Crippen molar-refractivity contribution in [3.05, 3.63) is 101 Å². The number of carbonyl (C=O) groups is 4. The second-order valence-electron chi connectivity index (χ2n) is 12.1. The molecule has 0 spiro atoms. The fourth-order valence-electron chi connectivity index (χ4n) is 6.24. The molecule has 0 aliphatic carbocycles. The smallest absolute Gasteiger partial charge is 0.411 e. The van der Waals surface area contributed by atoms with E-state index in [1.807, 2.05) is 30.3 Å². The molecule has 2 amide bonds. The van der Waals surface area contributed by atoms with E-state index in [9.17, 15) is 23.6 Å². The summed E-state index contributed by atoms with van der Waals surface area (Å²) >= 11 is 0. The van der Waals surface area contributed by atoms with Gasteiger partial charge in [0.1, 0.15) is 18.5 Å². The second-order valence-corrected chi connectivity index (χ2v) is 12.1. The Bertz CT molecular complexity index is 1530. The molecule has 3 atom stereocenters. The standard InChI is InChI=1S/C36H40FN3O7/c1-24-16-18-39(19-17-24)30-20-31(26-8-12-28(37)13-9-26)33(40(21-30)36(44)47-22-25-6-4-3-5-7-25)34(42)46-23-32(41)27-10-14-29(15-11-27)38-35(43)45-2/h3-15,24,30-31,33H,16-23H2,1-2H3,(H,38,43). The van der Waals surface area contributed by atoms with Crippen LogP contribution in [-0.2, 0) is 25.6 Å². The van der Waals surface area contributed by atoms with Gasteiger partial charge in [-0.05, 0) is 85.8 Å². The second kappa shape index (κ2) is 15.7. The number of nitrogens with one attached hydrogen (secondary N) is 1. The highest BCUT2D eigenvalue weighted by Gasteiger charge is 2.47. The third-order valence-corrected chi connectivity index (χ3v) is 8.95. The minimum atomic E-state index is -1.11. The van der Waals surface area contributed by atoms with Gasteiger partial charge in [0.05, 0.1) is 7.11 Å². The molecule has 3 aromatic rings. The first kappa shape index (κ1) is 33.6. The van der Waals surface area contributed by atoms with E-state index >= 15 is 0 Å². The minimum Gasteiger partial charge on any atom is -0.456 e. The Hall–Kier alpha value is -4.77. The third kappa shape index (κ3) is 8.74. The Morgan fingerprint density at radius 3 is 2.23 bits per heavy atom. The van der Waals surface area contributed by atoms with Gasteiger partial charge in [-0.3, -0.25) is 19.9 Å². The number of carbonyl (C=O) groups excluding carboxylic acids is 4. The highest BCUT2D eigenvalue weighted by Crippen LogP contribution is 2.37. The van der Waals surface area contributed by atoms with E-state index in [2.05, 4.69) is 21.9 Å². The number of amides is 2. The lowest BCUT2D eigenvalue weighted by molar-refractivity contribution is -0.151. The molecule has 10 nitrogen and oxygen atoms in total. The highest BCUT2D eigenvalue weighted by atomic mass is 19.1. The maximum Gasteiger partial charge on any atom is 0.411 e. The van der Waals surface area contributed by atoms with Crippen LogP contribution >= 0.6 is 0 Å². The number of esters is 1. The first-order chi connectivity index (χ1) is 22.7. The SMILES string of the molecule is COC(=O)Nc1ccc(C(=O)COC(=O)C2C(c3ccc(F)cc3)CC(N3CCC(C)CC3)CN2C(=O)OCc2ccccc2)cc1. The van der Waals surface area contributed by atoms with Gasteiger partial charge in [0, 0.05) is 29.8 Å². The quantitative estimate of drug-likeness (QED) is 0.171. The van der Waals surface area contributed by atoms with Crippen molar-refractivity contribution in [1.82, 2.24) is 9.80 Å². The minimum absolute atomic E-state index is 0.0182. The number of likely N-dealkylation sites (tertiary alicyclic amines) is 2. The van der Waals surface area contributed by atoms with Crippen molar-refractivity contribution < 1.29 is 37.8 Å². The van der Waals surface area contributed by atoms with Crippen LogP contribution in [0.4, 0.5) is 19.7 Å². The number of anilines is 1. The van der Waals surface area contributed by atoms with Crippen LogP contribution in [0.2, 0.25) is 0 Å². The molecule has 2 aliphatic heterocycles. The lowest BCUT2D eigenvalue weighted by atomic mass is 9.80. The Morgan fingerprint density at radius 2 is 1.57 bits per heavy atom. The van der Waals surface area contributed by atoms with Crippen LogP contribution in [0.3, 0.4) is 0 Å². The number of hydrogen-bond acceptors (Lipinski definition) is 8. The Kier molecular flexibility index (Phi) is 11.2. The van der Waals surface area contributed by atoms with E-state index in [0.29, 0.717) is 23.6 Å². The predicted molar refractivity (Wildman–Crippen MR) is 172 cm³/mol. The number of nitrogens with zero attached hydrogens (tertiary/aromatic N) is 2. The first-order valence-electron chi connectivity index (χ1n) is 15.8. The number of ketones is 1. The molecule has 47 heavy (non-hydrogen) atoms. The summed E-state index contributed by atoms with van der Waals surface area (Å²) in [5, 5.41) is 2.51. The number of hydrogen-bond donors (Lipinski definition) is 1. The van der Waals surface area contributed by atoms with E-state index in [0.717, 1.165) is 31.5 Å². The predicted octanol–water partition coefficient (Wildman–Crippen LogP) is 6.03. The summed E-state index contributed by atoms with van der Waals surface area (Å²) < 4.78 is 29.9. The molecule has 1 N–H and O–H groups in total. The van der Waals surface area contributed by atoms with Crippen LogP contribution in [0.25, 0.3) is 0 Å². The van der Waals surface area contributed by atoms with Crippen LogP contribution in [0.5, 0.6) is 0 Å². The molecular weight excluding hydrogens is 605 g/mol. The molecule has 248 valence electrons. The molecule has 2 fully saturated rings. The van der Waals surface area contributed by atoms with Gasteiger partial charge >= 0.3 is 18.2 Å². The van der Waals surface area contributed by atoms with Crippen LogP contribution in [0.1, 0.15) is 53.6 Å². The van der Waals surface area contributed by atoms with Crippen molar-refractivity contribution in [2.75, 3.05) is 38.7 Å². The molecule has 2 aliphatic rings. The number of methoxy groups -OCH3 is 1. The van der Waals surface area contributed by atoms with Gasteiger partial charge in [-0.15, -0.1) is 0 Å². The van der Waals surface area contributed by atoms with Gasteiger partial charge in [0.25, 0.3) is 0 Å². The number of ether oxygens (including phenoxy) is 3. The van der Waals surface area contributed by atoms with Gasteiger partial charge in [-0.25, -0.2) is 18.8 Å². The van der Waals surface area contributed by atoms with Crippen molar-refractivity contribution in [1.29, 1.82) is 0 Å². The van der Waals surface area contributed by atoms with E-state index < -0.39 is 48.3 Å². The maximum atomic E-state index is 14.0. The molecule has 3 aromatic carbocycles. The third-order valence-electron chi connectivity index (χ3n) is 8.95. The molecule has 0 bridgehead atoms. The molecule has 3 unspecified atom stereocenters. The first-order valence-corrected chi connectivity index (χ1v) is 15.8. The fourth-order valence-corrected chi connectivity index (χ4v) is 6.24. The molecule has 0 radical (unpaired) electrons. The Labute approximate surface area is 273 Å². The number of rotatable bonds is 9. The maximum absolute atomic E-state index is 14.0. The van der Waals surface area contributed by atoms with Crippen LogP contribution < -0.4 is 5.32 Å². The Morgan fingerprint density at radius 1 is 0.894 bits per heavy atom. The zero-order chi connectivity index (χ0) is 33.3. The Balaban J connectivity index is 1.38. The van der Waals surface area contributed by atoms with Crippen molar-refractivity contribution >= 4 is 29.6 Å².